The first kappa shape index (κ1) is 11.7. The molecule has 0 spiro atoms. The van der Waals surface area contributed by atoms with E-state index in [1.807, 2.05) is 6.07 Å². The smallest absolute Gasteiger partial charge is 0.205 e. The molecule has 2 N–H and O–H groups in total. The van der Waals surface area contributed by atoms with Gasteiger partial charge < -0.3 is 19.5 Å². The highest BCUT2D eigenvalue weighted by Crippen LogP contribution is 2.45. The van der Waals surface area contributed by atoms with Crippen LogP contribution < -0.4 is 19.7 Å². The number of aromatic hydroxyl groups is 1. The lowest BCUT2D eigenvalue weighted by atomic mass is 10.2. The van der Waals surface area contributed by atoms with E-state index in [1.54, 1.807) is 6.07 Å². The lowest BCUT2D eigenvalue weighted by molar-refractivity contribution is 0.166. The zero-order valence-corrected chi connectivity index (χ0v) is 10.6. The predicted octanol–water partition coefficient (Wildman–Crippen LogP) is 1.14. The molecule has 98 valence electrons. The number of alkyl halides is 1. The van der Waals surface area contributed by atoms with Gasteiger partial charge in [0.2, 0.25) is 5.75 Å². The van der Waals surface area contributed by atoms with Crippen molar-refractivity contribution in [2.24, 2.45) is 0 Å². The van der Waals surface area contributed by atoms with Crippen LogP contribution in [-0.2, 0) is 0 Å². The van der Waals surface area contributed by atoms with E-state index in [2.05, 4.69) is 10.2 Å². The third-order valence-electron chi connectivity index (χ3n) is 3.12. The van der Waals surface area contributed by atoms with Gasteiger partial charge in [-0.25, -0.2) is 0 Å². The number of benzene rings is 1. The molecular formula is C12H15ClN2O3. The van der Waals surface area contributed by atoms with Gasteiger partial charge in [0.05, 0.1) is 5.69 Å². The number of piperazine rings is 1. The summed E-state index contributed by atoms with van der Waals surface area (Å²) in [6.45, 7) is 3.33. The van der Waals surface area contributed by atoms with Crippen molar-refractivity contribution in [3.05, 3.63) is 12.1 Å². The van der Waals surface area contributed by atoms with Gasteiger partial charge in [0.15, 0.2) is 11.5 Å². The van der Waals surface area contributed by atoms with E-state index >= 15 is 0 Å². The minimum Gasteiger partial charge on any atom is -0.504 e. The fraction of sp³-hybridized carbons (Fsp3) is 0.500. The fourth-order valence-corrected chi connectivity index (χ4v) is 2.56. The van der Waals surface area contributed by atoms with Gasteiger partial charge in [-0.2, -0.15) is 0 Å². The summed E-state index contributed by atoms with van der Waals surface area (Å²) < 4.78 is 11.1. The minimum absolute atomic E-state index is 0.0762. The minimum atomic E-state index is -0.0762. The van der Waals surface area contributed by atoms with Crippen LogP contribution in [0.5, 0.6) is 17.2 Å². The Morgan fingerprint density at radius 3 is 2.83 bits per heavy atom. The molecule has 0 aliphatic carbocycles. The SMILES string of the molecule is Oc1ccc(N2CCNC(Cl)C2)c2c1OCCO2. The number of phenolic OH excluding ortho intramolecular Hbond substituents is 1. The highest BCUT2D eigenvalue weighted by atomic mass is 35.5. The molecular weight excluding hydrogens is 256 g/mol. The number of halogens is 1. The molecule has 2 heterocycles. The number of nitrogens with one attached hydrogen (secondary N) is 1. The Labute approximate surface area is 110 Å². The first-order valence-electron chi connectivity index (χ1n) is 5.99. The van der Waals surface area contributed by atoms with E-state index in [0.717, 1.165) is 18.8 Å². The number of anilines is 1. The van der Waals surface area contributed by atoms with Crippen molar-refractivity contribution in [2.45, 2.75) is 5.50 Å². The molecule has 1 saturated heterocycles. The standard InChI is InChI=1S/C12H15ClN2O3/c13-10-7-15(4-3-14-10)8-1-2-9(16)12-11(8)17-5-6-18-12/h1-2,10,14,16H,3-7H2. The summed E-state index contributed by atoms with van der Waals surface area (Å²) in [5, 5.41) is 12.9. The second-order valence-electron chi connectivity index (χ2n) is 4.33. The molecule has 1 unspecified atom stereocenters. The molecule has 1 fully saturated rings. The Morgan fingerprint density at radius 1 is 1.28 bits per heavy atom. The van der Waals surface area contributed by atoms with Crippen LogP contribution in [0.4, 0.5) is 5.69 Å². The van der Waals surface area contributed by atoms with Gasteiger partial charge in [0.25, 0.3) is 0 Å². The molecule has 18 heavy (non-hydrogen) atoms. The van der Waals surface area contributed by atoms with Crippen LogP contribution in [-0.4, -0.2) is 43.5 Å². The Morgan fingerprint density at radius 2 is 2.06 bits per heavy atom. The molecule has 0 saturated carbocycles. The largest absolute Gasteiger partial charge is 0.504 e. The molecule has 1 aromatic rings. The molecule has 0 aromatic heterocycles. The highest BCUT2D eigenvalue weighted by molar-refractivity contribution is 6.20. The molecule has 1 aromatic carbocycles. The van der Waals surface area contributed by atoms with Crippen molar-refractivity contribution in [1.29, 1.82) is 0 Å². The summed E-state index contributed by atoms with van der Waals surface area (Å²) in [4.78, 5) is 2.14. The van der Waals surface area contributed by atoms with Crippen molar-refractivity contribution in [3.8, 4) is 17.2 Å². The second kappa shape index (κ2) is 4.74. The lowest BCUT2D eigenvalue weighted by Gasteiger charge is -2.34. The van der Waals surface area contributed by atoms with Crippen molar-refractivity contribution in [2.75, 3.05) is 37.7 Å². The van der Waals surface area contributed by atoms with Gasteiger partial charge in [-0.1, -0.05) is 0 Å². The Kier molecular flexibility index (Phi) is 3.09. The summed E-state index contributed by atoms with van der Waals surface area (Å²) in [5.41, 5.74) is 0.849. The van der Waals surface area contributed by atoms with Gasteiger partial charge in [-0.05, 0) is 12.1 Å². The summed E-state index contributed by atoms with van der Waals surface area (Å²) in [6, 6.07) is 3.48. The number of hydrogen-bond acceptors (Lipinski definition) is 5. The van der Waals surface area contributed by atoms with Crippen LogP contribution >= 0.6 is 11.6 Å². The maximum absolute atomic E-state index is 9.77. The molecule has 3 rings (SSSR count). The summed E-state index contributed by atoms with van der Waals surface area (Å²) >= 11 is 6.10. The number of ether oxygens (including phenoxy) is 2. The van der Waals surface area contributed by atoms with Crippen LogP contribution in [0.2, 0.25) is 0 Å². The molecule has 0 amide bonds. The van der Waals surface area contributed by atoms with Crippen LogP contribution in [0.25, 0.3) is 0 Å². The maximum Gasteiger partial charge on any atom is 0.205 e. The molecule has 0 radical (unpaired) electrons. The van der Waals surface area contributed by atoms with Crippen molar-refractivity contribution in [3.63, 3.8) is 0 Å². The highest BCUT2D eigenvalue weighted by Gasteiger charge is 2.26. The van der Waals surface area contributed by atoms with Crippen molar-refractivity contribution >= 4 is 17.3 Å². The second-order valence-corrected chi connectivity index (χ2v) is 4.85. The van der Waals surface area contributed by atoms with E-state index in [0.29, 0.717) is 31.3 Å². The Hall–Kier alpha value is -1.33. The number of nitrogens with zero attached hydrogens (tertiary/aromatic N) is 1. The zero-order valence-electron chi connectivity index (χ0n) is 9.86. The zero-order chi connectivity index (χ0) is 12.5. The van der Waals surface area contributed by atoms with Gasteiger partial charge in [0.1, 0.15) is 18.7 Å². The average Bonchev–Trinajstić information content (AvgIpc) is 2.39. The fourth-order valence-electron chi connectivity index (χ4n) is 2.28. The maximum atomic E-state index is 9.77. The van der Waals surface area contributed by atoms with Gasteiger partial charge in [-0.3, -0.25) is 5.32 Å². The molecule has 2 aliphatic heterocycles. The number of phenols is 1. The van der Waals surface area contributed by atoms with E-state index in [4.69, 9.17) is 21.1 Å². The summed E-state index contributed by atoms with van der Waals surface area (Å²) in [7, 11) is 0. The number of fused-ring (bicyclic) bond motifs is 1. The third-order valence-corrected chi connectivity index (χ3v) is 3.41. The average molecular weight is 271 g/mol. The van der Waals surface area contributed by atoms with Gasteiger partial charge >= 0.3 is 0 Å². The first-order chi connectivity index (χ1) is 8.75. The van der Waals surface area contributed by atoms with E-state index in [1.165, 1.54) is 0 Å². The van der Waals surface area contributed by atoms with Crippen molar-refractivity contribution < 1.29 is 14.6 Å². The first-order valence-corrected chi connectivity index (χ1v) is 6.43. The lowest BCUT2D eigenvalue weighted by Crippen LogP contribution is -2.48. The van der Waals surface area contributed by atoms with E-state index < -0.39 is 0 Å². The van der Waals surface area contributed by atoms with Crippen molar-refractivity contribution in [1.82, 2.24) is 5.32 Å². The summed E-state index contributed by atoms with van der Waals surface area (Å²) in [5.74, 6) is 1.17. The quantitative estimate of drug-likeness (QED) is 0.592. The predicted molar refractivity (Wildman–Crippen MR) is 69.0 cm³/mol. The Balaban J connectivity index is 1.96. The van der Waals surface area contributed by atoms with Crippen LogP contribution in [0.1, 0.15) is 0 Å². The van der Waals surface area contributed by atoms with E-state index in [-0.39, 0.29) is 11.3 Å². The number of rotatable bonds is 1. The molecule has 5 nitrogen and oxygen atoms in total. The Bertz CT molecular complexity index is 455. The van der Waals surface area contributed by atoms with Gasteiger partial charge in [-0.15, -0.1) is 11.6 Å². The monoisotopic (exact) mass is 270 g/mol. The van der Waals surface area contributed by atoms with Crippen LogP contribution in [0, 0.1) is 0 Å². The van der Waals surface area contributed by atoms with Crippen LogP contribution in [0.3, 0.4) is 0 Å². The normalized spacial score (nSPS) is 22.9. The molecule has 1 atom stereocenters. The molecule has 6 heteroatoms. The van der Waals surface area contributed by atoms with E-state index in [9.17, 15) is 5.11 Å². The van der Waals surface area contributed by atoms with Crippen LogP contribution in [0.15, 0.2) is 12.1 Å². The number of hydrogen-bond donors (Lipinski definition) is 2. The van der Waals surface area contributed by atoms with Gasteiger partial charge in [0, 0.05) is 19.6 Å². The molecule has 0 bridgehead atoms. The summed E-state index contributed by atoms with van der Waals surface area (Å²) in [6.07, 6.45) is 0. The third kappa shape index (κ3) is 2.04. The topological polar surface area (TPSA) is 54.0 Å². The molecule has 2 aliphatic rings.